The van der Waals surface area contributed by atoms with E-state index in [0.717, 1.165) is 16.3 Å². The number of hydrogen-bond donors (Lipinski definition) is 1. The first-order valence-electron chi connectivity index (χ1n) is 5.56. The summed E-state index contributed by atoms with van der Waals surface area (Å²) in [6.07, 6.45) is 0.622. The molecule has 0 atom stereocenters. The number of hydrogen-bond acceptors (Lipinski definition) is 2. The molecule has 0 spiro atoms. The van der Waals surface area contributed by atoms with Gasteiger partial charge in [-0.3, -0.25) is 4.79 Å². The van der Waals surface area contributed by atoms with E-state index in [1.807, 2.05) is 13.0 Å². The zero-order chi connectivity index (χ0) is 13.7. The molecule has 0 radical (unpaired) electrons. The van der Waals surface area contributed by atoms with Gasteiger partial charge in [0.2, 0.25) is 0 Å². The van der Waals surface area contributed by atoms with E-state index in [1.165, 1.54) is 0 Å². The Balaban J connectivity index is 3.01. The van der Waals surface area contributed by atoms with Crippen LogP contribution in [0.25, 0.3) is 0 Å². The Kier molecular flexibility index (Phi) is 7.70. The second kappa shape index (κ2) is 8.20. The minimum atomic E-state index is 0.0479. The van der Waals surface area contributed by atoms with E-state index in [-0.39, 0.29) is 12.5 Å². The van der Waals surface area contributed by atoms with Gasteiger partial charge in [-0.1, -0.05) is 0 Å². The van der Waals surface area contributed by atoms with E-state index in [0.29, 0.717) is 19.5 Å². The molecular weight excluding hydrogens is 571 g/mol. The zero-order valence-corrected chi connectivity index (χ0v) is 16.4. The largest absolute Gasteiger partial charge is 0.396 e. The Labute approximate surface area is 148 Å². The highest BCUT2D eigenvalue weighted by atomic mass is 127. The Bertz CT molecular complexity index is 438. The number of aliphatic hydroxyl groups excluding tert-OH is 1. The molecule has 0 aromatic heterocycles. The fourth-order valence-corrected chi connectivity index (χ4v) is 3.93. The lowest BCUT2D eigenvalue weighted by Gasteiger charge is -2.21. The van der Waals surface area contributed by atoms with Crippen molar-refractivity contribution < 1.29 is 9.90 Å². The van der Waals surface area contributed by atoms with Crippen LogP contribution < -0.4 is 0 Å². The summed E-state index contributed by atoms with van der Waals surface area (Å²) in [4.78, 5) is 14.2. The molecule has 0 saturated heterocycles. The summed E-state index contributed by atoms with van der Waals surface area (Å²) in [5, 5.41) is 8.86. The van der Waals surface area contributed by atoms with Crippen molar-refractivity contribution in [2.75, 3.05) is 19.7 Å². The lowest BCUT2D eigenvalue weighted by molar-refractivity contribution is 0.0753. The normalized spacial score (nSPS) is 10.5. The molecule has 0 aliphatic rings. The summed E-state index contributed by atoms with van der Waals surface area (Å²) in [6.45, 7) is 3.34. The van der Waals surface area contributed by atoms with E-state index in [4.69, 9.17) is 5.11 Å². The lowest BCUT2D eigenvalue weighted by atomic mass is 10.2. The minimum absolute atomic E-state index is 0.0479. The minimum Gasteiger partial charge on any atom is -0.396 e. The Morgan fingerprint density at radius 3 is 2.56 bits per heavy atom. The standard InChI is InChI=1S/C12H14I3NO2/c1-2-16(4-3-5-17)12(18)9-6-8(13)7-10(14)11(9)15/h6-7,17H,2-5H2,1H3. The van der Waals surface area contributed by atoms with E-state index in [2.05, 4.69) is 73.8 Å². The van der Waals surface area contributed by atoms with Gasteiger partial charge in [-0.05, 0) is 93.2 Å². The molecule has 0 saturated carbocycles. The fraction of sp³-hybridized carbons (Fsp3) is 0.417. The number of benzene rings is 1. The highest BCUT2D eigenvalue weighted by Gasteiger charge is 2.18. The Morgan fingerprint density at radius 2 is 2.00 bits per heavy atom. The van der Waals surface area contributed by atoms with Gasteiger partial charge in [-0.25, -0.2) is 0 Å². The number of aliphatic hydroxyl groups is 1. The second-order valence-corrected chi connectivity index (χ2v) is 7.20. The Hall–Kier alpha value is 0.840. The lowest BCUT2D eigenvalue weighted by Crippen LogP contribution is -2.33. The van der Waals surface area contributed by atoms with Gasteiger partial charge in [0, 0.05) is 30.4 Å². The maximum absolute atomic E-state index is 12.4. The van der Waals surface area contributed by atoms with E-state index in [1.54, 1.807) is 4.90 Å². The summed E-state index contributed by atoms with van der Waals surface area (Å²) < 4.78 is 3.17. The van der Waals surface area contributed by atoms with Gasteiger partial charge in [0.1, 0.15) is 0 Å². The van der Waals surface area contributed by atoms with Gasteiger partial charge >= 0.3 is 0 Å². The summed E-state index contributed by atoms with van der Waals surface area (Å²) >= 11 is 6.69. The van der Waals surface area contributed by atoms with E-state index in [9.17, 15) is 4.79 Å². The summed E-state index contributed by atoms with van der Waals surface area (Å²) in [7, 11) is 0. The smallest absolute Gasteiger partial charge is 0.254 e. The molecule has 1 aromatic carbocycles. The number of amides is 1. The number of carbonyl (C=O) groups is 1. The monoisotopic (exact) mass is 585 g/mol. The molecule has 0 unspecified atom stereocenters. The van der Waals surface area contributed by atoms with Crippen LogP contribution >= 0.6 is 67.8 Å². The highest BCUT2D eigenvalue weighted by Crippen LogP contribution is 2.24. The summed E-state index contributed by atoms with van der Waals surface area (Å²) in [6, 6.07) is 3.98. The van der Waals surface area contributed by atoms with Gasteiger partial charge in [-0.2, -0.15) is 0 Å². The molecule has 1 amide bonds. The summed E-state index contributed by atoms with van der Waals surface area (Å²) in [5.74, 6) is 0.0479. The molecule has 0 aliphatic carbocycles. The second-order valence-electron chi connectivity index (χ2n) is 3.71. The van der Waals surface area contributed by atoms with Crippen LogP contribution in [0.5, 0.6) is 0 Å². The molecule has 0 bridgehead atoms. The van der Waals surface area contributed by atoms with Gasteiger partial charge < -0.3 is 10.0 Å². The van der Waals surface area contributed by atoms with Crippen molar-refractivity contribution in [1.29, 1.82) is 0 Å². The molecule has 1 rings (SSSR count). The van der Waals surface area contributed by atoms with E-state index >= 15 is 0 Å². The van der Waals surface area contributed by atoms with Gasteiger partial charge in [0.25, 0.3) is 5.91 Å². The van der Waals surface area contributed by atoms with Gasteiger partial charge in [0.05, 0.1) is 5.56 Å². The molecule has 0 heterocycles. The Morgan fingerprint density at radius 1 is 1.33 bits per heavy atom. The van der Waals surface area contributed by atoms with Gasteiger partial charge in [-0.15, -0.1) is 0 Å². The zero-order valence-electron chi connectivity index (χ0n) is 9.92. The van der Waals surface area contributed by atoms with Crippen LogP contribution in [-0.4, -0.2) is 35.6 Å². The number of halogens is 3. The molecule has 3 nitrogen and oxygen atoms in total. The predicted octanol–water partition coefficient (Wildman–Crippen LogP) is 3.34. The molecule has 6 heteroatoms. The molecule has 100 valence electrons. The first-order chi connectivity index (χ1) is 8.51. The topological polar surface area (TPSA) is 40.5 Å². The van der Waals surface area contributed by atoms with Crippen LogP contribution in [-0.2, 0) is 0 Å². The maximum Gasteiger partial charge on any atom is 0.254 e. The quantitative estimate of drug-likeness (QED) is 0.426. The van der Waals surface area contributed by atoms with Crippen molar-refractivity contribution in [3.8, 4) is 0 Å². The van der Waals surface area contributed by atoms with Crippen molar-refractivity contribution in [2.24, 2.45) is 0 Å². The SMILES string of the molecule is CCN(CCCO)C(=O)c1cc(I)cc(I)c1I. The van der Waals surface area contributed by atoms with Crippen molar-refractivity contribution in [3.05, 3.63) is 28.4 Å². The maximum atomic E-state index is 12.4. The van der Waals surface area contributed by atoms with Crippen LogP contribution in [0.15, 0.2) is 12.1 Å². The van der Waals surface area contributed by atoms with Crippen LogP contribution in [0.2, 0.25) is 0 Å². The average Bonchev–Trinajstić information content (AvgIpc) is 2.34. The fourth-order valence-electron chi connectivity index (χ4n) is 1.55. The number of nitrogens with zero attached hydrogens (tertiary/aromatic N) is 1. The van der Waals surface area contributed by atoms with Crippen LogP contribution in [0.3, 0.4) is 0 Å². The summed E-state index contributed by atoms with van der Waals surface area (Å²) in [5.41, 5.74) is 0.756. The van der Waals surface area contributed by atoms with Gasteiger partial charge in [0.15, 0.2) is 0 Å². The first-order valence-corrected chi connectivity index (χ1v) is 8.79. The molecule has 18 heavy (non-hydrogen) atoms. The number of carbonyl (C=O) groups excluding carboxylic acids is 1. The van der Waals surface area contributed by atoms with Crippen molar-refractivity contribution in [1.82, 2.24) is 4.90 Å². The molecule has 0 aliphatic heterocycles. The van der Waals surface area contributed by atoms with Crippen LogP contribution in [0.1, 0.15) is 23.7 Å². The van der Waals surface area contributed by atoms with Crippen molar-refractivity contribution >= 4 is 73.7 Å². The third kappa shape index (κ3) is 4.44. The van der Waals surface area contributed by atoms with Crippen LogP contribution in [0.4, 0.5) is 0 Å². The molecule has 0 fully saturated rings. The third-order valence-corrected chi connectivity index (χ3v) is 6.15. The van der Waals surface area contributed by atoms with Crippen molar-refractivity contribution in [3.63, 3.8) is 0 Å². The first kappa shape index (κ1) is 16.9. The highest BCUT2D eigenvalue weighted by molar-refractivity contribution is 14.1. The molecular formula is C12H14I3NO2. The van der Waals surface area contributed by atoms with E-state index < -0.39 is 0 Å². The third-order valence-electron chi connectivity index (χ3n) is 2.48. The predicted molar refractivity (Wildman–Crippen MR) is 97.9 cm³/mol. The van der Waals surface area contributed by atoms with Crippen LogP contribution in [0, 0.1) is 10.7 Å². The molecule has 1 N–H and O–H groups in total. The number of rotatable bonds is 5. The molecule has 1 aromatic rings. The average molecular weight is 585 g/mol. The van der Waals surface area contributed by atoms with Crippen molar-refractivity contribution in [2.45, 2.75) is 13.3 Å².